The van der Waals surface area contributed by atoms with E-state index in [1.165, 1.54) is 18.4 Å². The molecule has 1 atom stereocenters. The van der Waals surface area contributed by atoms with Crippen LogP contribution >= 0.6 is 22.9 Å². The summed E-state index contributed by atoms with van der Waals surface area (Å²) in [6.45, 7) is 7.76. The van der Waals surface area contributed by atoms with Crippen LogP contribution in [0.1, 0.15) is 57.0 Å². The second kappa shape index (κ2) is 13.0. The number of nitrogens with zero attached hydrogens (tertiary/aromatic N) is 3. The summed E-state index contributed by atoms with van der Waals surface area (Å²) in [7, 11) is 1.37. The van der Waals surface area contributed by atoms with Crippen LogP contribution in [0, 0.1) is 20.8 Å². The van der Waals surface area contributed by atoms with Crippen LogP contribution < -0.4 is 14.9 Å². The molecule has 0 spiro atoms. The first-order chi connectivity index (χ1) is 22.6. The number of fused-ring (bicyclic) bond motifs is 1. The molecule has 1 aliphatic heterocycles. The van der Waals surface area contributed by atoms with E-state index in [0.29, 0.717) is 31.2 Å². The monoisotopic (exact) mass is 665 g/mol. The van der Waals surface area contributed by atoms with Crippen molar-refractivity contribution < 1.29 is 19.1 Å². The van der Waals surface area contributed by atoms with E-state index in [2.05, 4.69) is 4.57 Å². The average Bonchev–Trinajstić information content (AvgIpc) is 3.53. The molecular formula is C37H32ClN3O5S. The maximum absolute atomic E-state index is 14.3. The van der Waals surface area contributed by atoms with Crippen molar-refractivity contribution in [2.75, 3.05) is 13.7 Å². The maximum Gasteiger partial charge on any atom is 0.338 e. The van der Waals surface area contributed by atoms with Crippen molar-refractivity contribution in [1.82, 2.24) is 9.13 Å². The molecule has 0 amide bonds. The summed E-state index contributed by atoms with van der Waals surface area (Å²) in [5.74, 6) is -0.946. The Bertz CT molecular complexity index is 2250. The number of rotatable bonds is 7. The molecule has 0 fully saturated rings. The van der Waals surface area contributed by atoms with E-state index in [1.54, 1.807) is 29.7 Å². The lowest BCUT2D eigenvalue weighted by Crippen LogP contribution is -2.40. The van der Waals surface area contributed by atoms with Crippen molar-refractivity contribution in [3.63, 3.8) is 0 Å². The van der Waals surface area contributed by atoms with Crippen LogP contribution in [0.3, 0.4) is 0 Å². The Morgan fingerprint density at radius 2 is 1.70 bits per heavy atom. The number of benzene rings is 3. The van der Waals surface area contributed by atoms with Crippen molar-refractivity contribution in [3.05, 3.63) is 148 Å². The molecule has 0 bridgehead atoms. The second-order valence-corrected chi connectivity index (χ2v) is 12.5. The highest BCUT2D eigenvalue weighted by atomic mass is 35.5. The SMILES string of the molecule is CCOC(=O)C1=C(c2ccccc2)N=c2s/c(=C/c3cc(C)n(-c4cccc(C(=O)OC)c4C)c3C)c(=O)n2[C@@H]1c1ccc(Cl)cc1. The van der Waals surface area contributed by atoms with Crippen molar-refractivity contribution >= 4 is 46.6 Å². The predicted molar refractivity (Wildman–Crippen MR) is 184 cm³/mol. The van der Waals surface area contributed by atoms with E-state index in [-0.39, 0.29) is 17.7 Å². The molecule has 0 radical (unpaired) electrons. The number of hydrogen-bond acceptors (Lipinski definition) is 7. The minimum Gasteiger partial charge on any atom is -0.465 e. The number of methoxy groups -OCH3 is 1. The van der Waals surface area contributed by atoms with E-state index in [4.69, 9.17) is 26.1 Å². The molecule has 6 rings (SSSR count). The van der Waals surface area contributed by atoms with Gasteiger partial charge in [0.05, 0.1) is 41.1 Å². The van der Waals surface area contributed by atoms with Gasteiger partial charge in [-0.2, -0.15) is 0 Å². The Kier molecular flexibility index (Phi) is 8.86. The van der Waals surface area contributed by atoms with Gasteiger partial charge in [0.1, 0.15) is 0 Å². The molecule has 8 nitrogen and oxygen atoms in total. The number of carbonyl (C=O) groups is 2. The molecule has 0 aliphatic carbocycles. The van der Waals surface area contributed by atoms with Crippen molar-refractivity contribution in [1.29, 1.82) is 0 Å². The third-order valence-corrected chi connectivity index (χ3v) is 9.50. The number of hydrogen-bond donors (Lipinski definition) is 0. The molecule has 0 saturated carbocycles. The summed E-state index contributed by atoms with van der Waals surface area (Å²) in [4.78, 5) is 45.8. The van der Waals surface area contributed by atoms with Gasteiger partial charge in [0, 0.05) is 27.7 Å². The van der Waals surface area contributed by atoms with Crippen LogP contribution in [0.4, 0.5) is 0 Å². The molecule has 3 heterocycles. The number of carbonyl (C=O) groups excluding carboxylic acids is 2. The Balaban J connectivity index is 1.58. The largest absolute Gasteiger partial charge is 0.465 e. The summed E-state index contributed by atoms with van der Waals surface area (Å²) in [5, 5.41) is 0.536. The quantitative estimate of drug-likeness (QED) is 0.196. The Hall–Kier alpha value is -4.99. The van der Waals surface area contributed by atoms with Gasteiger partial charge in [0.2, 0.25) is 0 Å². The van der Waals surface area contributed by atoms with E-state index < -0.39 is 18.0 Å². The van der Waals surface area contributed by atoms with Crippen LogP contribution in [0.5, 0.6) is 0 Å². The summed E-state index contributed by atoms with van der Waals surface area (Å²) < 4.78 is 14.6. The number of aromatic nitrogens is 2. The summed E-state index contributed by atoms with van der Waals surface area (Å²) >= 11 is 7.51. The number of ether oxygens (including phenoxy) is 2. The Morgan fingerprint density at radius 3 is 2.38 bits per heavy atom. The second-order valence-electron chi connectivity index (χ2n) is 11.1. The summed E-state index contributed by atoms with van der Waals surface area (Å²) in [5.41, 5.74) is 6.67. The lowest BCUT2D eigenvalue weighted by atomic mass is 9.93. The van der Waals surface area contributed by atoms with Crippen molar-refractivity contribution in [2.24, 2.45) is 4.99 Å². The van der Waals surface area contributed by atoms with E-state index in [1.807, 2.05) is 87.5 Å². The molecule has 0 unspecified atom stereocenters. The van der Waals surface area contributed by atoms with Crippen molar-refractivity contribution in [2.45, 2.75) is 33.7 Å². The van der Waals surface area contributed by atoms with Crippen LogP contribution in [0.2, 0.25) is 5.02 Å². The highest BCUT2D eigenvalue weighted by Crippen LogP contribution is 2.35. The van der Waals surface area contributed by atoms with Crippen LogP contribution in [0.25, 0.3) is 17.5 Å². The topological polar surface area (TPSA) is 91.9 Å². The third-order valence-electron chi connectivity index (χ3n) is 8.27. The zero-order valence-electron chi connectivity index (χ0n) is 26.5. The molecule has 3 aromatic carbocycles. The minimum absolute atomic E-state index is 0.166. The lowest BCUT2D eigenvalue weighted by molar-refractivity contribution is -0.138. The first-order valence-electron chi connectivity index (χ1n) is 15.1. The third kappa shape index (κ3) is 5.77. The smallest absolute Gasteiger partial charge is 0.338 e. The molecule has 5 aromatic rings. The van der Waals surface area contributed by atoms with Crippen molar-refractivity contribution in [3.8, 4) is 5.69 Å². The first kappa shape index (κ1) is 32.0. The molecular weight excluding hydrogens is 634 g/mol. The maximum atomic E-state index is 14.3. The number of halogens is 1. The zero-order valence-corrected chi connectivity index (χ0v) is 28.1. The number of esters is 2. The lowest BCUT2D eigenvalue weighted by Gasteiger charge is -2.25. The van der Waals surface area contributed by atoms with E-state index >= 15 is 0 Å². The van der Waals surface area contributed by atoms with Gasteiger partial charge in [-0.3, -0.25) is 9.36 Å². The highest BCUT2D eigenvalue weighted by Gasteiger charge is 2.35. The van der Waals surface area contributed by atoms with Gasteiger partial charge in [-0.05, 0) is 80.8 Å². The van der Waals surface area contributed by atoms with Gasteiger partial charge in [-0.15, -0.1) is 0 Å². The predicted octanol–water partition coefficient (Wildman–Crippen LogP) is 6.09. The van der Waals surface area contributed by atoms with Gasteiger partial charge in [-0.1, -0.05) is 71.5 Å². The van der Waals surface area contributed by atoms with Crippen LogP contribution in [-0.2, 0) is 14.3 Å². The van der Waals surface area contributed by atoms with Crippen LogP contribution in [0.15, 0.2) is 94.2 Å². The fourth-order valence-corrected chi connectivity index (χ4v) is 7.16. The minimum atomic E-state index is -0.795. The van der Waals surface area contributed by atoms with E-state index in [9.17, 15) is 14.4 Å². The van der Waals surface area contributed by atoms with Gasteiger partial charge in [0.25, 0.3) is 5.56 Å². The Morgan fingerprint density at radius 1 is 0.979 bits per heavy atom. The van der Waals surface area contributed by atoms with Gasteiger partial charge < -0.3 is 14.0 Å². The van der Waals surface area contributed by atoms with Gasteiger partial charge in [0.15, 0.2) is 4.80 Å². The zero-order chi connectivity index (χ0) is 33.4. The molecule has 0 saturated heterocycles. The fourth-order valence-electron chi connectivity index (χ4n) is 6.04. The summed E-state index contributed by atoms with van der Waals surface area (Å²) in [6, 6.07) is 23.3. The summed E-state index contributed by atoms with van der Waals surface area (Å²) in [6.07, 6.45) is 1.86. The number of aryl methyl sites for hydroxylation is 1. The van der Waals surface area contributed by atoms with Gasteiger partial charge in [-0.25, -0.2) is 14.6 Å². The first-order valence-corrected chi connectivity index (χ1v) is 16.2. The fraction of sp³-hybridized carbons (Fsp3) is 0.189. The normalized spacial score (nSPS) is 14.5. The van der Waals surface area contributed by atoms with Gasteiger partial charge >= 0.3 is 11.9 Å². The highest BCUT2D eigenvalue weighted by molar-refractivity contribution is 7.07. The Labute approximate surface area is 280 Å². The number of thiazole rings is 1. The molecule has 10 heteroatoms. The molecule has 1 aliphatic rings. The molecule has 47 heavy (non-hydrogen) atoms. The standard InChI is InChI=1S/C37H32ClN3O5S/c1-6-46-36(44)31-32(24-11-8-7-9-12-24)39-37-41(33(31)25-15-17-27(38)18-16-25)34(42)30(47-37)20-26-19-21(2)40(23(26)4)29-14-10-13-28(22(29)3)35(43)45-5/h7-20,33H,6H2,1-5H3/b30-20+/t33-/m1/s1. The average molecular weight is 666 g/mol. The van der Waals surface area contributed by atoms with Crippen LogP contribution in [-0.4, -0.2) is 34.8 Å². The molecule has 238 valence electrons. The molecule has 0 N–H and O–H groups in total. The van der Waals surface area contributed by atoms with E-state index in [0.717, 1.165) is 33.8 Å². The molecule has 2 aromatic heterocycles.